The van der Waals surface area contributed by atoms with Crippen LogP contribution in [0.2, 0.25) is 5.02 Å². The molecule has 0 radical (unpaired) electrons. The highest BCUT2D eigenvalue weighted by atomic mass is 35.5. The van der Waals surface area contributed by atoms with Crippen LogP contribution < -0.4 is 0 Å². The first-order valence-electron chi connectivity index (χ1n) is 8.27. The molecule has 0 N–H and O–H groups in total. The van der Waals surface area contributed by atoms with Crippen LogP contribution in [-0.4, -0.2) is 14.2 Å². The predicted octanol–water partition coefficient (Wildman–Crippen LogP) is 5.35. The fraction of sp³-hybridized carbons (Fsp3) is 0.0455. The Labute approximate surface area is 163 Å². The molecule has 0 aliphatic heterocycles. The molecular weight excluding hydrogens is 380 g/mol. The highest BCUT2D eigenvalue weighted by molar-refractivity contribution is 7.96. The van der Waals surface area contributed by atoms with Gasteiger partial charge in [-0.25, -0.2) is 8.42 Å². The maximum absolute atomic E-state index is 13.2. The number of aryl methyl sites for hydroxylation is 1. The van der Waals surface area contributed by atoms with Crippen molar-refractivity contribution in [1.29, 1.82) is 0 Å². The van der Waals surface area contributed by atoms with Gasteiger partial charge in [-0.15, -0.1) is 0 Å². The first kappa shape index (κ1) is 19.1. The molecule has 0 heterocycles. The molecule has 0 unspecified atom stereocenters. The van der Waals surface area contributed by atoms with Crippen molar-refractivity contribution in [2.45, 2.75) is 11.8 Å². The number of benzene rings is 3. The van der Waals surface area contributed by atoms with Gasteiger partial charge in [0.15, 0.2) is 0 Å². The Morgan fingerprint density at radius 3 is 2.04 bits per heavy atom. The number of sulfone groups is 1. The molecular formula is C22H17ClO3S. The van der Waals surface area contributed by atoms with E-state index in [1.165, 1.54) is 18.2 Å². The number of halogens is 1. The molecule has 0 aromatic heterocycles. The molecule has 0 fully saturated rings. The summed E-state index contributed by atoms with van der Waals surface area (Å²) in [5, 5.41) is 0.532. The Morgan fingerprint density at radius 2 is 1.44 bits per heavy atom. The molecule has 3 nitrogen and oxygen atoms in total. The van der Waals surface area contributed by atoms with Crippen molar-refractivity contribution in [2.75, 3.05) is 0 Å². The Bertz CT molecular complexity index is 1080. The molecule has 0 saturated heterocycles. The molecule has 3 aromatic rings. The normalized spacial score (nSPS) is 12.0. The number of hydrogen-bond donors (Lipinski definition) is 0. The maximum atomic E-state index is 13.2. The topological polar surface area (TPSA) is 51.2 Å². The summed E-state index contributed by atoms with van der Waals surface area (Å²) in [4.78, 5) is 12.8. The number of rotatable bonds is 5. The molecule has 3 rings (SSSR count). The molecule has 0 atom stereocenters. The second kappa shape index (κ2) is 7.91. The number of carbonyl (C=O) groups excluding carboxylic acids is 1. The van der Waals surface area contributed by atoms with Gasteiger partial charge in [0.05, 0.1) is 4.90 Å². The summed E-state index contributed by atoms with van der Waals surface area (Å²) in [7, 11) is -3.99. The third-order valence-corrected chi connectivity index (χ3v) is 6.08. The summed E-state index contributed by atoms with van der Waals surface area (Å²) in [6.45, 7) is 1.87. The van der Waals surface area contributed by atoms with Crippen LogP contribution in [0.3, 0.4) is 0 Å². The first-order chi connectivity index (χ1) is 12.9. The summed E-state index contributed by atoms with van der Waals surface area (Å²) >= 11 is 5.90. The molecule has 0 amide bonds. The SMILES string of the molecule is Cc1ccc(S(=O)(=O)/C(=C\c2ccc(Cl)cc2)C(=O)c2ccccc2)cc1. The minimum Gasteiger partial charge on any atom is -0.288 e. The summed E-state index contributed by atoms with van der Waals surface area (Å²) in [6.07, 6.45) is 1.39. The van der Waals surface area contributed by atoms with Gasteiger partial charge >= 0.3 is 0 Å². The van der Waals surface area contributed by atoms with Gasteiger partial charge in [-0.2, -0.15) is 0 Å². The molecule has 27 heavy (non-hydrogen) atoms. The lowest BCUT2D eigenvalue weighted by Gasteiger charge is -2.10. The van der Waals surface area contributed by atoms with E-state index in [-0.39, 0.29) is 9.80 Å². The smallest absolute Gasteiger partial charge is 0.210 e. The van der Waals surface area contributed by atoms with Crippen LogP contribution in [-0.2, 0) is 9.84 Å². The van der Waals surface area contributed by atoms with Gasteiger partial charge in [0, 0.05) is 10.6 Å². The largest absolute Gasteiger partial charge is 0.288 e. The van der Waals surface area contributed by atoms with Crippen LogP contribution in [0, 0.1) is 6.92 Å². The molecule has 0 spiro atoms. The van der Waals surface area contributed by atoms with E-state index in [0.29, 0.717) is 16.1 Å². The molecule has 0 saturated carbocycles. The van der Waals surface area contributed by atoms with Gasteiger partial charge in [0.2, 0.25) is 15.6 Å². The van der Waals surface area contributed by atoms with Gasteiger partial charge in [-0.1, -0.05) is 71.8 Å². The van der Waals surface area contributed by atoms with E-state index in [9.17, 15) is 13.2 Å². The minimum absolute atomic E-state index is 0.0811. The number of ketones is 1. The van der Waals surface area contributed by atoms with Crippen LogP contribution in [0.5, 0.6) is 0 Å². The third-order valence-electron chi connectivity index (χ3n) is 4.05. The van der Waals surface area contributed by atoms with Gasteiger partial charge in [0.1, 0.15) is 4.91 Å². The fourth-order valence-electron chi connectivity index (χ4n) is 2.55. The van der Waals surface area contributed by atoms with Crippen molar-refractivity contribution in [1.82, 2.24) is 0 Å². The fourth-order valence-corrected chi connectivity index (χ4v) is 4.08. The number of Topliss-reactive ketones (excluding diaryl/α,β-unsaturated/α-hetero) is 1. The van der Waals surface area contributed by atoms with Gasteiger partial charge in [-0.3, -0.25) is 4.79 Å². The molecule has 5 heteroatoms. The van der Waals surface area contributed by atoms with Crippen LogP contribution in [0.4, 0.5) is 0 Å². The quantitative estimate of drug-likeness (QED) is 0.431. The Kier molecular flexibility index (Phi) is 5.59. The zero-order chi connectivity index (χ0) is 19.4. The lowest BCUT2D eigenvalue weighted by atomic mass is 10.1. The monoisotopic (exact) mass is 396 g/mol. The average Bonchev–Trinajstić information content (AvgIpc) is 2.68. The van der Waals surface area contributed by atoms with E-state index in [1.807, 2.05) is 6.92 Å². The maximum Gasteiger partial charge on any atom is 0.210 e. The second-order valence-electron chi connectivity index (χ2n) is 6.07. The number of hydrogen-bond acceptors (Lipinski definition) is 3. The first-order valence-corrected chi connectivity index (χ1v) is 10.1. The van der Waals surface area contributed by atoms with Crippen LogP contribution in [0.15, 0.2) is 88.7 Å². The van der Waals surface area contributed by atoms with E-state index in [4.69, 9.17) is 11.6 Å². The van der Waals surface area contributed by atoms with Crippen LogP contribution in [0.1, 0.15) is 21.5 Å². The summed E-state index contributed by atoms with van der Waals surface area (Å²) in [5.74, 6) is -0.550. The predicted molar refractivity (Wildman–Crippen MR) is 109 cm³/mol. The van der Waals surface area contributed by atoms with E-state index in [0.717, 1.165) is 5.56 Å². The highest BCUT2D eigenvalue weighted by Crippen LogP contribution is 2.26. The van der Waals surface area contributed by atoms with Crippen molar-refractivity contribution in [3.8, 4) is 0 Å². The summed E-state index contributed by atoms with van der Waals surface area (Å²) in [5.41, 5.74) is 1.83. The number of allylic oxidation sites excluding steroid dienone is 1. The second-order valence-corrected chi connectivity index (χ2v) is 8.43. The van der Waals surface area contributed by atoms with Crippen molar-refractivity contribution >= 4 is 33.3 Å². The average molecular weight is 397 g/mol. The molecule has 136 valence electrons. The highest BCUT2D eigenvalue weighted by Gasteiger charge is 2.27. The Morgan fingerprint density at radius 1 is 0.852 bits per heavy atom. The zero-order valence-corrected chi connectivity index (χ0v) is 16.2. The molecule has 3 aromatic carbocycles. The van der Waals surface area contributed by atoms with E-state index >= 15 is 0 Å². The Balaban J connectivity index is 2.16. The van der Waals surface area contributed by atoms with Crippen molar-refractivity contribution in [2.24, 2.45) is 0 Å². The van der Waals surface area contributed by atoms with Crippen molar-refractivity contribution in [3.63, 3.8) is 0 Å². The van der Waals surface area contributed by atoms with E-state index in [1.54, 1.807) is 66.7 Å². The summed E-state index contributed by atoms with van der Waals surface area (Å²) < 4.78 is 26.4. The molecule has 0 bridgehead atoms. The number of carbonyl (C=O) groups is 1. The van der Waals surface area contributed by atoms with Gasteiger partial charge in [0.25, 0.3) is 0 Å². The standard InChI is InChI=1S/C22H17ClO3S/c1-16-7-13-20(14-8-16)27(25,26)21(15-17-9-11-19(23)12-10-17)22(24)18-5-3-2-4-6-18/h2-15H,1H3/b21-15-. The minimum atomic E-state index is -3.99. The molecule has 0 aliphatic rings. The van der Waals surface area contributed by atoms with E-state index < -0.39 is 15.6 Å². The van der Waals surface area contributed by atoms with Crippen molar-refractivity contribution in [3.05, 3.63) is 105 Å². The Hall–Kier alpha value is -2.69. The zero-order valence-electron chi connectivity index (χ0n) is 14.6. The van der Waals surface area contributed by atoms with E-state index in [2.05, 4.69) is 0 Å². The third kappa shape index (κ3) is 4.35. The lowest BCUT2D eigenvalue weighted by Crippen LogP contribution is -2.14. The molecule has 0 aliphatic carbocycles. The lowest BCUT2D eigenvalue weighted by molar-refractivity contribution is 0.104. The van der Waals surface area contributed by atoms with Gasteiger partial charge in [-0.05, 0) is 42.8 Å². The van der Waals surface area contributed by atoms with Crippen molar-refractivity contribution < 1.29 is 13.2 Å². The van der Waals surface area contributed by atoms with Crippen LogP contribution in [0.25, 0.3) is 6.08 Å². The van der Waals surface area contributed by atoms with Crippen LogP contribution >= 0.6 is 11.6 Å². The summed E-state index contributed by atoms with van der Waals surface area (Å²) in [6, 6.07) is 21.5. The van der Waals surface area contributed by atoms with Gasteiger partial charge < -0.3 is 0 Å².